The van der Waals surface area contributed by atoms with Crippen LogP contribution in [0.25, 0.3) is 5.65 Å². The van der Waals surface area contributed by atoms with Gasteiger partial charge in [0.05, 0.1) is 25.1 Å². The Kier molecular flexibility index (Phi) is 7.38. The highest BCUT2D eigenvalue weighted by atomic mass is 35.5. The summed E-state index contributed by atoms with van der Waals surface area (Å²) in [5.74, 6) is 0.328. The molecule has 4 N–H and O–H groups in total. The van der Waals surface area contributed by atoms with Crippen molar-refractivity contribution in [3.8, 4) is 0 Å². The van der Waals surface area contributed by atoms with Gasteiger partial charge in [-0.15, -0.1) is 5.10 Å². The Morgan fingerprint density at radius 3 is 2.41 bits per heavy atom. The molecule has 206 valence electrons. The third kappa shape index (κ3) is 6.17. The maximum Gasteiger partial charge on any atom is 0.317 e. The summed E-state index contributed by atoms with van der Waals surface area (Å²) in [5, 5.41) is 18.1. The minimum absolute atomic E-state index is 0.00225. The summed E-state index contributed by atoms with van der Waals surface area (Å²) in [6, 6.07) is 6.00. The molecular formula is C26H32ClN9O3. The van der Waals surface area contributed by atoms with Crippen LogP contribution in [0.5, 0.6) is 0 Å². The van der Waals surface area contributed by atoms with E-state index < -0.39 is 0 Å². The number of nitrogens with one attached hydrogen (secondary N) is 4. The number of hydrogen-bond acceptors (Lipinski definition) is 8. The molecule has 2 aliphatic carbocycles. The van der Waals surface area contributed by atoms with Crippen LogP contribution in [-0.4, -0.2) is 80.8 Å². The number of pyridine rings is 1. The topological polar surface area (TPSA) is 138 Å². The molecule has 13 heteroatoms. The number of fused-ring (bicyclic) bond motifs is 1. The summed E-state index contributed by atoms with van der Waals surface area (Å²) in [6.07, 6.45) is 8.85. The van der Waals surface area contributed by atoms with E-state index in [2.05, 4.69) is 31.2 Å². The van der Waals surface area contributed by atoms with Crippen LogP contribution < -0.4 is 21.3 Å². The Balaban J connectivity index is 1.14. The molecule has 1 saturated heterocycles. The van der Waals surface area contributed by atoms with Crippen molar-refractivity contribution in [1.82, 2.24) is 29.8 Å². The van der Waals surface area contributed by atoms with E-state index in [0.717, 1.165) is 44.2 Å². The number of imidazole rings is 1. The standard InChI is InChI=1S/C26H32ClN9O3/c27-22-13-19(7-8-28-22)32-25(37)21-15-29-24-20(30-16-1-2-16)14-23(34-36(21)24)31-17-3-5-18(6-4-17)33-26(38)35-9-11-39-12-10-35/h7-8,13-18,30H,1-6,9-12H2,(H,31,34)(H,33,38)(H,28,32,37)/t17-,18-. The lowest BCUT2D eigenvalue weighted by molar-refractivity contribution is 0.0521. The molecule has 3 fully saturated rings. The summed E-state index contributed by atoms with van der Waals surface area (Å²) < 4.78 is 6.92. The number of anilines is 3. The molecule has 0 unspecified atom stereocenters. The van der Waals surface area contributed by atoms with Gasteiger partial charge in [-0.25, -0.2) is 19.3 Å². The van der Waals surface area contributed by atoms with E-state index in [-0.39, 0.29) is 24.0 Å². The lowest BCUT2D eigenvalue weighted by atomic mass is 9.91. The van der Waals surface area contributed by atoms with Gasteiger partial charge in [0.1, 0.15) is 11.0 Å². The zero-order chi connectivity index (χ0) is 26.8. The van der Waals surface area contributed by atoms with Crippen LogP contribution in [0.4, 0.5) is 22.0 Å². The van der Waals surface area contributed by atoms with E-state index in [0.29, 0.717) is 60.3 Å². The molecule has 2 saturated carbocycles. The fraction of sp³-hybridized carbons (Fsp3) is 0.500. The molecule has 3 aromatic heterocycles. The van der Waals surface area contributed by atoms with Gasteiger partial charge < -0.3 is 30.9 Å². The van der Waals surface area contributed by atoms with Crippen LogP contribution in [-0.2, 0) is 4.74 Å². The molecular weight excluding hydrogens is 522 g/mol. The number of rotatable bonds is 7. The smallest absolute Gasteiger partial charge is 0.317 e. The molecule has 4 heterocycles. The fourth-order valence-corrected chi connectivity index (χ4v) is 5.22. The van der Waals surface area contributed by atoms with Crippen molar-refractivity contribution in [1.29, 1.82) is 0 Å². The van der Waals surface area contributed by atoms with Crippen LogP contribution in [0.3, 0.4) is 0 Å². The normalized spacial score (nSPS) is 21.4. The lowest BCUT2D eigenvalue weighted by Crippen LogP contribution is -2.50. The van der Waals surface area contributed by atoms with Gasteiger partial charge in [0, 0.05) is 49.2 Å². The minimum Gasteiger partial charge on any atom is -0.379 e. The van der Waals surface area contributed by atoms with Crippen molar-refractivity contribution in [2.45, 2.75) is 56.7 Å². The van der Waals surface area contributed by atoms with Gasteiger partial charge in [0.2, 0.25) is 0 Å². The number of ether oxygens (including phenoxy) is 1. The van der Waals surface area contributed by atoms with Gasteiger partial charge in [-0.1, -0.05) is 11.6 Å². The first-order valence-electron chi connectivity index (χ1n) is 13.5. The number of nitrogens with zero attached hydrogens (tertiary/aromatic N) is 5. The highest BCUT2D eigenvalue weighted by Crippen LogP contribution is 2.30. The van der Waals surface area contributed by atoms with Crippen molar-refractivity contribution in [3.05, 3.63) is 41.4 Å². The molecule has 0 bridgehead atoms. The second kappa shape index (κ2) is 11.2. The third-order valence-corrected chi connectivity index (χ3v) is 7.53. The zero-order valence-corrected chi connectivity index (χ0v) is 22.3. The van der Waals surface area contributed by atoms with E-state index in [4.69, 9.17) is 21.4 Å². The van der Waals surface area contributed by atoms with Crippen molar-refractivity contribution >= 4 is 46.4 Å². The highest BCUT2D eigenvalue weighted by Gasteiger charge is 2.27. The molecule has 6 rings (SSSR count). The number of carbonyl (C=O) groups excluding carboxylic acids is 2. The molecule has 0 spiro atoms. The fourth-order valence-electron chi connectivity index (χ4n) is 5.05. The first kappa shape index (κ1) is 25.6. The van der Waals surface area contributed by atoms with Crippen molar-refractivity contribution in [2.24, 2.45) is 0 Å². The van der Waals surface area contributed by atoms with Crippen LogP contribution in [0.2, 0.25) is 5.15 Å². The number of amides is 3. The quantitative estimate of drug-likeness (QED) is 0.327. The van der Waals surface area contributed by atoms with Crippen LogP contribution in [0.15, 0.2) is 30.6 Å². The first-order chi connectivity index (χ1) is 19.0. The van der Waals surface area contributed by atoms with Gasteiger partial charge >= 0.3 is 6.03 Å². The Morgan fingerprint density at radius 2 is 1.67 bits per heavy atom. The number of hydrogen-bond donors (Lipinski definition) is 4. The van der Waals surface area contributed by atoms with Crippen molar-refractivity contribution in [2.75, 3.05) is 42.3 Å². The van der Waals surface area contributed by atoms with Gasteiger partial charge in [-0.3, -0.25) is 4.79 Å². The van der Waals surface area contributed by atoms with Gasteiger partial charge in [0.25, 0.3) is 5.91 Å². The number of carbonyl (C=O) groups is 2. The van der Waals surface area contributed by atoms with Crippen LogP contribution in [0.1, 0.15) is 49.0 Å². The predicted octanol–water partition coefficient (Wildman–Crippen LogP) is 3.37. The molecule has 12 nitrogen and oxygen atoms in total. The Labute approximate surface area is 230 Å². The maximum absolute atomic E-state index is 13.1. The molecule has 0 atom stereocenters. The van der Waals surface area contributed by atoms with E-state index in [1.807, 2.05) is 11.0 Å². The van der Waals surface area contributed by atoms with Crippen LogP contribution in [0, 0.1) is 0 Å². The Morgan fingerprint density at radius 1 is 0.949 bits per heavy atom. The molecule has 3 amide bonds. The molecule has 0 aromatic carbocycles. The lowest BCUT2D eigenvalue weighted by Gasteiger charge is -2.33. The highest BCUT2D eigenvalue weighted by molar-refractivity contribution is 6.29. The summed E-state index contributed by atoms with van der Waals surface area (Å²) in [7, 11) is 0. The molecule has 39 heavy (non-hydrogen) atoms. The molecule has 1 aliphatic heterocycles. The minimum atomic E-state index is -0.344. The Hall–Kier alpha value is -3.64. The first-order valence-corrected chi connectivity index (χ1v) is 13.9. The van der Waals surface area contributed by atoms with E-state index in [1.165, 1.54) is 12.4 Å². The number of aromatic nitrogens is 4. The van der Waals surface area contributed by atoms with Gasteiger partial charge in [0.15, 0.2) is 11.3 Å². The van der Waals surface area contributed by atoms with Crippen molar-refractivity contribution < 1.29 is 14.3 Å². The second-order valence-corrected chi connectivity index (χ2v) is 10.7. The molecule has 3 aliphatic rings. The van der Waals surface area contributed by atoms with Crippen LogP contribution >= 0.6 is 11.6 Å². The summed E-state index contributed by atoms with van der Waals surface area (Å²) in [4.78, 5) is 36.0. The summed E-state index contributed by atoms with van der Waals surface area (Å²) >= 11 is 5.97. The monoisotopic (exact) mass is 553 g/mol. The average Bonchev–Trinajstić information content (AvgIpc) is 3.65. The second-order valence-electron chi connectivity index (χ2n) is 10.3. The maximum atomic E-state index is 13.1. The number of urea groups is 1. The molecule has 0 radical (unpaired) electrons. The van der Waals surface area contributed by atoms with E-state index in [9.17, 15) is 9.59 Å². The predicted molar refractivity (Wildman–Crippen MR) is 147 cm³/mol. The summed E-state index contributed by atoms with van der Waals surface area (Å²) in [6.45, 7) is 2.46. The number of halogens is 1. The largest absolute Gasteiger partial charge is 0.379 e. The SMILES string of the molecule is O=C(Nc1ccnc(Cl)c1)c1cnc2c(NC3CC3)cc(N[C@H]3CC[C@H](NC(=O)N4CCOCC4)CC3)nn12. The zero-order valence-electron chi connectivity index (χ0n) is 21.5. The summed E-state index contributed by atoms with van der Waals surface area (Å²) in [5.41, 5.74) is 2.29. The van der Waals surface area contributed by atoms with Crippen molar-refractivity contribution in [3.63, 3.8) is 0 Å². The Bertz CT molecular complexity index is 1350. The number of morpholine rings is 1. The van der Waals surface area contributed by atoms with E-state index >= 15 is 0 Å². The van der Waals surface area contributed by atoms with Gasteiger partial charge in [-0.05, 0) is 50.7 Å². The third-order valence-electron chi connectivity index (χ3n) is 7.33. The van der Waals surface area contributed by atoms with Gasteiger partial charge in [-0.2, -0.15) is 0 Å². The average molecular weight is 554 g/mol. The molecule has 3 aromatic rings. The van der Waals surface area contributed by atoms with E-state index in [1.54, 1.807) is 16.6 Å².